The van der Waals surface area contributed by atoms with E-state index in [1.54, 1.807) is 13.2 Å². The highest BCUT2D eigenvalue weighted by Gasteiger charge is 2.23. The third-order valence-electron chi connectivity index (χ3n) is 3.56. The first-order valence-electron chi connectivity index (χ1n) is 6.70. The molecule has 1 aromatic heterocycles. The molecule has 0 aliphatic heterocycles. The molecule has 0 amide bonds. The number of hydrogen-bond donors (Lipinski definition) is 1. The van der Waals surface area contributed by atoms with E-state index < -0.39 is 0 Å². The minimum Gasteiger partial charge on any atom is -0.487 e. The Morgan fingerprint density at radius 3 is 2.95 bits per heavy atom. The lowest BCUT2D eigenvalue weighted by atomic mass is 10.1. The van der Waals surface area contributed by atoms with Gasteiger partial charge in [-0.2, -0.15) is 0 Å². The second-order valence-corrected chi connectivity index (χ2v) is 4.84. The van der Waals surface area contributed by atoms with Crippen LogP contribution in [0.3, 0.4) is 0 Å². The zero-order valence-electron chi connectivity index (χ0n) is 11.4. The summed E-state index contributed by atoms with van der Waals surface area (Å²) >= 11 is 0. The van der Waals surface area contributed by atoms with Crippen LogP contribution in [0.4, 0.5) is 0 Å². The molecule has 1 aromatic carbocycles. The number of fused-ring (bicyclic) bond motifs is 1. The molecule has 3 rings (SSSR count). The van der Waals surface area contributed by atoms with Gasteiger partial charge in [-0.05, 0) is 30.5 Å². The zero-order valence-corrected chi connectivity index (χ0v) is 11.4. The molecule has 0 spiro atoms. The van der Waals surface area contributed by atoms with Crippen molar-refractivity contribution < 1.29 is 14.6 Å². The van der Waals surface area contributed by atoms with E-state index in [1.165, 1.54) is 0 Å². The van der Waals surface area contributed by atoms with Crippen LogP contribution in [0.2, 0.25) is 0 Å². The van der Waals surface area contributed by atoms with Crippen LogP contribution < -0.4 is 9.47 Å². The number of aliphatic hydroxyl groups is 1. The van der Waals surface area contributed by atoms with Crippen LogP contribution in [0.5, 0.6) is 11.6 Å². The maximum Gasteiger partial charge on any atom is 0.213 e. The number of benzene rings is 1. The van der Waals surface area contributed by atoms with Gasteiger partial charge in [-0.15, -0.1) is 0 Å². The summed E-state index contributed by atoms with van der Waals surface area (Å²) in [6.45, 7) is 0.393. The molecule has 1 unspecified atom stereocenters. The fraction of sp³-hybridized carbons (Fsp3) is 0.312. The molecule has 1 N–H and O–H groups in total. The number of aromatic nitrogens is 1. The summed E-state index contributed by atoms with van der Waals surface area (Å²) in [4.78, 5) is 4.32. The number of hydrogen-bond acceptors (Lipinski definition) is 4. The highest BCUT2D eigenvalue weighted by molar-refractivity contribution is 5.44. The Hall–Kier alpha value is -2.07. The van der Waals surface area contributed by atoms with Gasteiger partial charge in [0.25, 0.3) is 0 Å². The van der Waals surface area contributed by atoms with E-state index in [0.29, 0.717) is 12.5 Å². The van der Waals surface area contributed by atoms with E-state index in [9.17, 15) is 5.11 Å². The van der Waals surface area contributed by atoms with Crippen molar-refractivity contribution in [3.8, 4) is 11.6 Å². The van der Waals surface area contributed by atoms with E-state index in [-0.39, 0.29) is 6.10 Å². The summed E-state index contributed by atoms with van der Waals surface area (Å²) in [7, 11) is 1.60. The van der Waals surface area contributed by atoms with Gasteiger partial charge in [-0.1, -0.05) is 18.2 Å². The van der Waals surface area contributed by atoms with Gasteiger partial charge in [0.05, 0.1) is 18.9 Å². The van der Waals surface area contributed by atoms with Crippen molar-refractivity contribution >= 4 is 0 Å². The summed E-state index contributed by atoms with van der Waals surface area (Å²) < 4.78 is 10.9. The minimum absolute atomic E-state index is 0.358. The third kappa shape index (κ3) is 2.47. The molecule has 0 saturated heterocycles. The number of rotatable bonds is 4. The Bertz CT molecular complexity index is 612. The number of pyridine rings is 1. The maximum atomic E-state index is 9.87. The number of ether oxygens (including phenoxy) is 2. The molecule has 1 atom stereocenters. The average Bonchev–Trinajstić information content (AvgIpc) is 2.88. The summed E-state index contributed by atoms with van der Waals surface area (Å²) in [6.07, 6.45) is 1.27. The first-order valence-corrected chi connectivity index (χ1v) is 6.70. The quantitative estimate of drug-likeness (QED) is 0.928. The monoisotopic (exact) mass is 271 g/mol. The topological polar surface area (TPSA) is 51.6 Å². The molecule has 0 saturated carbocycles. The second-order valence-electron chi connectivity index (χ2n) is 4.84. The van der Waals surface area contributed by atoms with Gasteiger partial charge in [0, 0.05) is 11.6 Å². The summed E-state index contributed by atoms with van der Waals surface area (Å²) in [5, 5.41) is 9.87. The lowest BCUT2D eigenvalue weighted by molar-refractivity contribution is 0.180. The highest BCUT2D eigenvalue weighted by atomic mass is 16.5. The first-order chi connectivity index (χ1) is 9.78. The molecule has 1 aliphatic rings. The van der Waals surface area contributed by atoms with Crippen LogP contribution in [0, 0.1) is 0 Å². The standard InChI is InChI=1S/C16H17NO3/c1-19-16-7-2-4-11(17-16)10-20-15-6-3-5-12-13(15)8-9-14(12)18/h2-7,14,18H,8-10H2,1H3. The minimum atomic E-state index is -0.358. The molecule has 104 valence electrons. The molecular weight excluding hydrogens is 254 g/mol. The van der Waals surface area contributed by atoms with E-state index in [2.05, 4.69) is 4.98 Å². The molecule has 1 aliphatic carbocycles. The van der Waals surface area contributed by atoms with Crippen molar-refractivity contribution in [3.63, 3.8) is 0 Å². The van der Waals surface area contributed by atoms with Crippen molar-refractivity contribution in [1.29, 1.82) is 0 Å². The molecule has 0 radical (unpaired) electrons. The smallest absolute Gasteiger partial charge is 0.213 e. The lowest BCUT2D eigenvalue weighted by Gasteiger charge is -2.11. The van der Waals surface area contributed by atoms with Gasteiger partial charge < -0.3 is 14.6 Å². The van der Waals surface area contributed by atoms with Crippen molar-refractivity contribution in [3.05, 3.63) is 53.2 Å². The molecule has 4 nitrogen and oxygen atoms in total. The van der Waals surface area contributed by atoms with Gasteiger partial charge in [-0.25, -0.2) is 4.98 Å². The van der Waals surface area contributed by atoms with E-state index >= 15 is 0 Å². The Balaban J connectivity index is 1.76. The zero-order chi connectivity index (χ0) is 13.9. The Morgan fingerprint density at radius 2 is 2.10 bits per heavy atom. The van der Waals surface area contributed by atoms with Gasteiger partial charge >= 0.3 is 0 Å². The van der Waals surface area contributed by atoms with Crippen molar-refractivity contribution in [2.75, 3.05) is 7.11 Å². The Morgan fingerprint density at radius 1 is 1.25 bits per heavy atom. The molecule has 4 heteroatoms. The number of nitrogens with zero attached hydrogens (tertiary/aromatic N) is 1. The average molecular weight is 271 g/mol. The van der Waals surface area contributed by atoms with Crippen molar-refractivity contribution in [2.45, 2.75) is 25.6 Å². The van der Waals surface area contributed by atoms with E-state index in [1.807, 2.05) is 30.3 Å². The fourth-order valence-electron chi connectivity index (χ4n) is 2.54. The largest absolute Gasteiger partial charge is 0.487 e. The SMILES string of the molecule is COc1cccc(COc2cccc3c2CCC3O)n1. The van der Waals surface area contributed by atoms with Crippen LogP contribution in [0.1, 0.15) is 29.3 Å². The van der Waals surface area contributed by atoms with Crippen LogP contribution >= 0.6 is 0 Å². The predicted octanol–water partition coefficient (Wildman–Crippen LogP) is 2.65. The first kappa shape index (κ1) is 12.9. The predicted molar refractivity (Wildman–Crippen MR) is 74.8 cm³/mol. The van der Waals surface area contributed by atoms with Crippen LogP contribution in [0.15, 0.2) is 36.4 Å². The molecular formula is C16H17NO3. The van der Waals surface area contributed by atoms with Gasteiger partial charge in [-0.3, -0.25) is 0 Å². The molecule has 1 heterocycles. The summed E-state index contributed by atoms with van der Waals surface area (Å²) in [5.41, 5.74) is 2.92. The Kier molecular flexibility index (Phi) is 3.56. The van der Waals surface area contributed by atoms with Crippen LogP contribution in [0.25, 0.3) is 0 Å². The molecule has 2 aromatic rings. The summed E-state index contributed by atoms with van der Waals surface area (Å²) in [6, 6.07) is 11.4. The number of methoxy groups -OCH3 is 1. The maximum absolute atomic E-state index is 9.87. The second kappa shape index (κ2) is 5.51. The van der Waals surface area contributed by atoms with Crippen molar-refractivity contribution in [1.82, 2.24) is 4.98 Å². The fourth-order valence-corrected chi connectivity index (χ4v) is 2.54. The normalized spacial score (nSPS) is 16.8. The number of aliphatic hydroxyl groups excluding tert-OH is 1. The van der Waals surface area contributed by atoms with Crippen LogP contribution in [-0.4, -0.2) is 17.2 Å². The van der Waals surface area contributed by atoms with E-state index in [4.69, 9.17) is 9.47 Å². The molecule has 0 bridgehead atoms. The van der Waals surface area contributed by atoms with Gasteiger partial charge in [0.2, 0.25) is 5.88 Å². The summed E-state index contributed by atoms with van der Waals surface area (Å²) in [5.74, 6) is 1.42. The molecule has 20 heavy (non-hydrogen) atoms. The lowest BCUT2D eigenvalue weighted by Crippen LogP contribution is -2.01. The Labute approximate surface area is 118 Å². The third-order valence-corrected chi connectivity index (χ3v) is 3.56. The van der Waals surface area contributed by atoms with E-state index in [0.717, 1.165) is 35.4 Å². The van der Waals surface area contributed by atoms with Crippen LogP contribution in [-0.2, 0) is 13.0 Å². The van der Waals surface area contributed by atoms with Gasteiger partial charge in [0.1, 0.15) is 12.4 Å². The molecule has 0 fully saturated rings. The van der Waals surface area contributed by atoms with Crippen molar-refractivity contribution in [2.24, 2.45) is 0 Å². The highest BCUT2D eigenvalue weighted by Crippen LogP contribution is 2.36. The van der Waals surface area contributed by atoms with Gasteiger partial charge in [0.15, 0.2) is 0 Å².